The van der Waals surface area contributed by atoms with E-state index in [0.717, 1.165) is 13.1 Å². The molecule has 2 aliphatic rings. The highest BCUT2D eigenvalue weighted by molar-refractivity contribution is 7.84. The van der Waals surface area contributed by atoms with Crippen LogP contribution in [0.1, 0.15) is 26.7 Å². The largest absolute Gasteiger partial charge is 0.319 e. The molecule has 6 heteroatoms. The predicted octanol–water partition coefficient (Wildman–Crippen LogP) is 1.41. The van der Waals surface area contributed by atoms with Crippen LogP contribution >= 0.6 is 12.6 Å². The predicted molar refractivity (Wildman–Crippen MR) is 77.2 cm³/mol. The van der Waals surface area contributed by atoms with Crippen molar-refractivity contribution in [2.45, 2.75) is 32.7 Å². The Hall–Kier alpha value is -1.50. The third-order valence-electron chi connectivity index (χ3n) is 4.45. The third-order valence-corrected chi connectivity index (χ3v) is 4.79. The number of nitrogens with zero attached hydrogens (tertiary/aromatic N) is 3. The molecule has 1 fully saturated rings. The van der Waals surface area contributed by atoms with Crippen LogP contribution in [0.3, 0.4) is 0 Å². The zero-order valence-corrected chi connectivity index (χ0v) is 12.6. The fraction of sp³-hybridized carbons (Fsp3) is 0.643. The molecule has 1 spiro atoms. The molecule has 0 aromatic carbocycles. The molecule has 0 saturated carbocycles. The molecule has 0 aromatic heterocycles. The molecule has 2 aliphatic heterocycles. The second kappa shape index (κ2) is 5.47. The van der Waals surface area contributed by atoms with E-state index in [4.69, 9.17) is 0 Å². The van der Waals surface area contributed by atoms with Crippen LogP contribution in [0, 0.1) is 34.0 Å². The Bertz CT molecular complexity index is 532. The van der Waals surface area contributed by atoms with Gasteiger partial charge in [-0.3, -0.25) is 4.79 Å². The van der Waals surface area contributed by atoms with Crippen LogP contribution in [0.2, 0.25) is 0 Å². The van der Waals surface area contributed by atoms with E-state index in [-0.39, 0.29) is 5.91 Å². The zero-order chi connectivity index (χ0) is 14.9. The van der Waals surface area contributed by atoms with Gasteiger partial charge in [0.1, 0.15) is 5.92 Å². The molecule has 0 unspecified atom stereocenters. The number of allylic oxidation sites excluding steroid dienone is 1. The van der Waals surface area contributed by atoms with E-state index in [1.165, 1.54) is 0 Å². The standard InChI is InChI=1S/C14H18N4OS/c1-9(2)18-5-3-14(4-6-18)10(7-15)12(19)17-13(20)11(14)8-16/h9-10,20H,3-6H2,1-2H3,(H,17,19)/t10-/m0/s1. The first-order chi connectivity index (χ1) is 9.46. The van der Waals surface area contributed by atoms with Crippen LogP contribution < -0.4 is 5.32 Å². The lowest BCUT2D eigenvalue weighted by molar-refractivity contribution is -0.127. The van der Waals surface area contributed by atoms with E-state index in [1.807, 2.05) is 0 Å². The summed E-state index contributed by atoms with van der Waals surface area (Å²) in [5.74, 6) is -1.14. The molecular weight excluding hydrogens is 272 g/mol. The average Bonchev–Trinajstić information content (AvgIpc) is 2.39. The maximum absolute atomic E-state index is 12.0. The van der Waals surface area contributed by atoms with E-state index in [2.05, 4.69) is 48.8 Å². The lowest BCUT2D eigenvalue weighted by Crippen LogP contribution is -2.53. The number of thiol groups is 1. The van der Waals surface area contributed by atoms with Crippen LogP contribution in [0.4, 0.5) is 0 Å². The second-order valence-electron chi connectivity index (χ2n) is 5.67. The number of rotatable bonds is 1. The summed E-state index contributed by atoms with van der Waals surface area (Å²) in [4.78, 5) is 14.4. The summed E-state index contributed by atoms with van der Waals surface area (Å²) >= 11 is 4.22. The van der Waals surface area contributed by atoms with Gasteiger partial charge in [0.25, 0.3) is 0 Å². The summed E-state index contributed by atoms with van der Waals surface area (Å²) in [6.45, 7) is 5.82. The molecule has 1 amide bonds. The van der Waals surface area contributed by atoms with Crippen molar-refractivity contribution < 1.29 is 4.79 Å². The van der Waals surface area contributed by atoms with Crippen molar-refractivity contribution >= 4 is 18.5 Å². The van der Waals surface area contributed by atoms with E-state index < -0.39 is 11.3 Å². The number of nitriles is 2. The molecule has 0 aliphatic carbocycles. The monoisotopic (exact) mass is 290 g/mol. The normalized spacial score (nSPS) is 26.3. The van der Waals surface area contributed by atoms with Gasteiger partial charge in [-0.25, -0.2) is 0 Å². The fourth-order valence-electron chi connectivity index (χ4n) is 3.21. The number of piperidine rings is 1. The number of carbonyl (C=O) groups is 1. The smallest absolute Gasteiger partial charge is 0.243 e. The van der Waals surface area contributed by atoms with Gasteiger partial charge in [-0.05, 0) is 39.8 Å². The van der Waals surface area contributed by atoms with Crippen LogP contribution in [0.25, 0.3) is 0 Å². The number of hydrogen-bond acceptors (Lipinski definition) is 5. The van der Waals surface area contributed by atoms with Crippen LogP contribution in [0.5, 0.6) is 0 Å². The van der Waals surface area contributed by atoms with Gasteiger partial charge in [0.15, 0.2) is 0 Å². The summed E-state index contributed by atoms with van der Waals surface area (Å²) in [6.07, 6.45) is 1.29. The molecule has 0 radical (unpaired) electrons. The van der Waals surface area contributed by atoms with Gasteiger partial charge in [-0.15, -0.1) is 12.6 Å². The topological polar surface area (TPSA) is 79.9 Å². The first kappa shape index (κ1) is 14.9. The SMILES string of the molecule is CC(C)N1CCC2(CC1)C(C#N)=C(S)NC(=O)[C@@H]2C#N. The lowest BCUT2D eigenvalue weighted by Gasteiger charge is -2.46. The molecule has 1 atom stereocenters. The van der Waals surface area contributed by atoms with Crippen molar-refractivity contribution in [2.24, 2.45) is 11.3 Å². The quantitative estimate of drug-likeness (QED) is 0.716. The summed E-state index contributed by atoms with van der Waals surface area (Å²) in [5, 5.41) is 21.6. The van der Waals surface area contributed by atoms with Gasteiger partial charge in [-0.2, -0.15) is 10.5 Å². The maximum Gasteiger partial charge on any atom is 0.243 e. The van der Waals surface area contributed by atoms with Gasteiger partial charge in [0.2, 0.25) is 5.91 Å². The molecule has 20 heavy (non-hydrogen) atoms. The molecular formula is C14H18N4OS. The van der Waals surface area contributed by atoms with E-state index in [9.17, 15) is 15.3 Å². The van der Waals surface area contributed by atoms with Crippen LogP contribution in [-0.2, 0) is 4.79 Å². The van der Waals surface area contributed by atoms with Crippen molar-refractivity contribution in [3.05, 3.63) is 10.6 Å². The molecule has 0 bridgehead atoms. The van der Waals surface area contributed by atoms with Crippen molar-refractivity contribution in [1.82, 2.24) is 10.2 Å². The van der Waals surface area contributed by atoms with E-state index in [1.54, 1.807) is 0 Å². The Morgan fingerprint density at radius 1 is 1.40 bits per heavy atom. The summed E-state index contributed by atoms with van der Waals surface area (Å²) in [7, 11) is 0. The first-order valence-corrected chi connectivity index (χ1v) is 7.19. The molecule has 5 nitrogen and oxygen atoms in total. The average molecular weight is 290 g/mol. The first-order valence-electron chi connectivity index (χ1n) is 6.74. The molecule has 106 valence electrons. The molecule has 1 N–H and O–H groups in total. The number of carbonyl (C=O) groups excluding carboxylic acids is 1. The van der Waals surface area contributed by atoms with Gasteiger partial charge >= 0.3 is 0 Å². The summed E-state index contributed by atoms with van der Waals surface area (Å²) in [6, 6.07) is 4.68. The van der Waals surface area contributed by atoms with Crippen molar-refractivity contribution in [3.63, 3.8) is 0 Å². The van der Waals surface area contributed by atoms with E-state index >= 15 is 0 Å². The minimum absolute atomic E-state index is 0.307. The maximum atomic E-state index is 12.0. The Morgan fingerprint density at radius 2 is 2.00 bits per heavy atom. The van der Waals surface area contributed by atoms with Gasteiger partial charge in [0, 0.05) is 11.5 Å². The fourth-order valence-corrected chi connectivity index (χ4v) is 3.59. The second-order valence-corrected chi connectivity index (χ2v) is 6.12. The minimum atomic E-state index is -0.803. The highest BCUT2D eigenvalue weighted by Crippen LogP contribution is 2.48. The Kier molecular flexibility index (Phi) is 4.08. The van der Waals surface area contributed by atoms with Gasteiger partial charge in [-0.1, -0.05) is 0 Å². The molecule has 0 aromatic rings. The van der Waals surface area contributed by atoms with Crippen molar-refractivity contribution in [1.29, 1.82) is 10.5 Å². The highest BCUT2D eigenvalue weighted by Gasteiger charge is 2.52. The van der Waals surface area contributed by atoms with Crippen molar-refractivity contribution in [2.75, 3.05) is 13.1 Å². The van der Waals surface area contributed by atoms with Crippen molar-refractivity contribution in [3.8, 4) is 12.1 Å². The summed E-state index contributed by atoms with van der Waals surface area (Å²) in [5.41, 5.74) is -0.218. The number of hydrogen-bond donors (Lipinski definition) is 2. The Labute approximate surface area is 124 Å². The highest BCUT2D eigenvalue weighted by atomic mass is 32.1. The van der Waals surface area contributed by atoms with Crippen LogP contribution in [-0.4, -0.2) is 29.9 Å². The number of likely N-dealkylation sites (tertiary alicyclic amines) is 1. The minimum Gasteiger partial charge on any atom is -0.319 e. The summed E-state index contributed by atoms with van der Waals surface area (Å²) < 4.78 is 0. The van der Waals surface area contributed by atoms with Crippen LogP contribution in [0.15, 0.2) is 10.6 Å². The Morgan fingerprint density at radius 3 is 2.45 bits per heavy atom. The Balaban J connectivity index is 2.40. The van der Waals surface area contributed by atoms with Gasteiger partial charge in [0.05, 0.1) is 22.7 Å². The van der Waals surface area contributed by atoms with Gasteiger partial charge < -0.3 is 10.2 Å². The molecule has 2 heterocycles. The number of nitrogens with one attached hydrogen (secondary N) is 1. The molecule has 1 saturated heterocycles. The zero-order valence-electron chi connectivity index (χ0n) is 11.7. The van der Waals surface area contributed by atoms with E-state index in [0.29, 0.717) is 29.5 Å². The molecule has 2 rings (SSSR count). The third kappa shape index (κ3) is 2.19. The lowest BCUT2D eigenvalue weighted by atomic mass is 9.63. The number of amides is 1.